The summed E-state index contributed by atoms with van der Waals surface area (Å²) in [5, 5.41) is 12.6. The number of aromatic nitrogens is 1. The van der Waals surface area contributed by atoms with Crippen LogP contribution in [0.3, 0.4) is 0 Å². The number of nitrogens with zero attached hydrogens (tertiary/aromatic N) is 1. The van der Waals surface area contributed by atoms with E-state index in [0.29, 0.717) is 11.6 Å². The number of rotatable bonds is 5. The molecule has 1 N–H and O–H groups in total. The Morgan fingerprint density at radius 3 is 2.37 bits per heavy atom. The van der Waals surface area contributed by atoms with Gasteiger partial charge in [0.05, 0.1) is 0 Å². The summed E-state index contributed by atoms with van der Waals surface area (Å²) in [5.41, 5.74) is 2.72. The van der Waals surface area contributed by atoms with Crippen LogP contribution in [0.15, 0.2) is 34.9 Å². The van der Waals surface area contributed by atoms with Crippen molar-refractivity contribution in [3.05, 3.63) is 41.7 Å². The summed E-state index contributed by atoms with van der Waals surface area (Å²) < 4.78 is 4.75. The van der Waals surface area contributed by atoms with E-state index in [0.717, 1.165) is 18.4 Å². The SMILES string of the molecule is CCC(CC)c1ccc(-c2cc(C(=O)O)on2)cc1. The summed E-state index contributed by atoms with van der Waals surface area (Å²) in [6.45, 7) is 4.36. The summed E-state index contributed by atoms with van der Waals surface area (Å²) in [6, 6.07) is 9.49. The Bertz CT molecular complexity index is 553. The first kappa shape index (κ1) is 13.3. The average molecular weight is 259 g/mol. The molecule has 0 atom stereocenters. The molecule has 100 valence electrons. The van der Waals surface area contributed by atoms with E-state index in [1.165, 1.54) is 11.6 Å². The predicted molar refractivity (Wildman–Crippen MR) is 72.2 cm³/mol. The second-order valence-electron chi connectivity index (χ2n) is 4.52. The highest BCUT2D eigenvalue weighted by molar-refractivity contribution is 5.85. The van der Waals surface area contributed by atoms with Crippen LogP contribution in [0.5, 0.6) is 0 Å². The molecule has 0 aliphatic heterocycles. The lowest BCUT2D eigenvalue weighted by molar-refractivity contribution is 0.0652. The fraction of sp³-hybridized carbons (Fsp3) is 0.333. The van der Waals surface area contributed by atoms with Gasteiger partial charge in [0.2, 0.25) is 5.76 Å². The molecule has 0 saturated carbocycles. The molecule has 4 heteroatoms. The van der Waals surface area contributed by atoms with Gasteiger partial charge in [-0.3, -0.25) is 0 Å². The number of aromatic carboxylic acids is 1. The molecule has 1 heterocycles. The monoisotopic (exact) mass is 259 g/mol. The number of hydrogen-bond acceptors (Lipinski definition) is 3. The summed E-state index contributed by atoms with van der Waals surface area (Å²) in [4.78, 5) is 10.7. The molecule has 0 amide bonds. The van der Waals surface area contributed by atoms with Crippen LogP contribution in [-0.4, -0.2) is 16.2 Å². The summed E-state index contributed by atoms with van der Waals surface area (Å²) in [7, 11) is 0. The van der Waals surface area contributed by atoms with Gasteiger partial charge in [-0.1, -0.05) is 43.3 Å². The molecule has 0 fully saturated rings. The Morgan fingerprint density at radius 1 is 1.26 bits per heavy atom. The second kappa shape index (κ2) is 5.69. The largest absolute Gasteiger partial charge is 0.475 e. The topological polar surface area (TPSA) is 63.3 Å². The van der Waals surface area contributed by atoms with Gasteiger partial charge in [-0.05, 0) is 24.3 Å². The van der Waals surface area contributed by atoms with Crippen LogP contribution in [0, 0.1) is 0 Å². The van der Waals surface area contributed by atoms with Crippen LogP contribution in [-0.2, 0) is 0 Å². The highest BCUT2D eigenvalue weighted by atomic mass is 16.5. The van der Waals surface area contributed by atoms with Crippen LogP contribution in [0.1, 0.15) is 48.7 Å². The van der Waals surface area contributed by atoms with E-state index >= 15 is 0 Å². The molecular weight excluding hydrogens is 242 g/mol. The third kappa shape index (κ3) is 2.84. The molecule has 2 rings (SSSR count). The number of benzene rings is 1. The van der Waals surface area contributed by atoms with Crippen LogP contribution in [0.2, 0.25) is 0 Å². The Hall–Kier alpha value is -2.10. The number of hydrogen-bond donors (Lipinski definition) is 1. The van der Waals surface area contributed by atoms with E-state index in [-0.39, 0.29) is 5.76 Å². The van der Waals surface area contributed by atoms with E-state index in [1.807, 2.05) is 12.1 Å². The van der Waals surface area contributed by atoms with Gasteiger partial charge in [0.1, 0.15) is 5.69 Å². The van der Waals surface area contributed by atoms with Crippen molar-refractivity contribution in [3.8, 4) is 11.3 Å². The first-order valence-corrected chi connectivity index (χ1v) is 6.46. The zero-order chi connectivity index (χ0) is 13.8. The Morgan fingerprint density at radius 2 is 1.89 bits per heavy atom. The minimum absolute atomic E-state index is 0.140. The molecule has 19 heavy (non-hydrogen) atoms. The molecule has 0 spiro atoms. The van der Waals surface area contributed by atoms with Crippen molar-refractivity contribution in [1.29, 1.82) is 0 Å². The lowest BCUT2D eigenvalue weighted by atomic mass is 9.93. The van der Waals surface area contributed by atoms with E-state index in [9.17, 15) is 4.79 Å². The lowest BCUT2D eigenvalue weighted by Gasteiger charge is -2.12. The molecule has 1 aromatic carbocycles. The fourth-order valence-electron chi connectivity index (χ4n) is 2.20. The van der Waals surface area contributed by atoms with Crippen molar-refractivity contribution in [2.24, 2.45) is 0 Å². The van der Waals surface area contributed by atoms with Gasteiger partial charge in [-0.2, -0.15) is 0 Å². The molecule has 2 aromatic rings. The molecule has 0 radical (unpaired) electrons. The van der Waals surface area contributed by atoms with Crippen molar-refractivity contribution in [1.82, 2.24) is 5.16 Å². The van der Waals surface area contributed by atoms with E-state index in [4.69, 9.17) is 9.63 Å². The molecule has 0 aliphatic rings. The number of carboxylic acid groups (broad SMARTS) is 1. The third-order valence-electron chi connectivity index (χ3n) is 3.38. The van der Waals surface area contributed by atoms with Crippen molar-refractivity contribution in [2.75, 3.05) is 0 Å². The zero-order valence-electron chi connectivity index (χ0n) is 11.1. The molecule has 0 saturated heterocycles. The Kier molecular flexibility index (Phi) is 4.00. The summed E-state index contributed by atoms with van der Waals surface area (Å²) in [5.74, 6) is -0.674. The van der Waals surface area contributed by atoms with Crippen molar-refractivity contribution in [2.45, 2.75) is 32.6 Å². The van der Waals surface area contributed by atoms with Crippen LogP contribution >= 0.6 is 0 Å². The second-order valence-corrected chi connectivity index (χ2v) is 4.52. The lowest BCUT2D eigenvalue weighted by Crippen LogP contribution is -1.94. The quantitative estimate of drug-likeness (QED) is 0.883. The predicted octanol–water partition coefficient (Wildman–Crippen LogP) is 3.94. The van der Waals surface area contributed by atoms with Crippen LogP contribution < -0.4 is 0 Å². The smallest absolute Gasteiger partial charge is 0.374 e. The highest BCUT2D eigenvalue weighted by Gasteiger charge is 2.13. The maximum atomic E-state index is 10.7. The van der Waals surface area contributed by atoms with Crippen LogP contribution in [0.4, 0.5) is 0 Å². The Labute approximate surface area is 112 Å². The molecule has 0 unspecified atom stereocenters. The standard InChI is InChI=1S/C15H17NO3/c1-3-10(4-2)11-5-7-12(8-6-11)13-9-14(15(17)18)19-16-13/h5-10H,3-4H2,1-2H3,(H,17,18). The maximum absolute atomic E-state index is 10.7. The molecular formula is C15H17NO3. The number of carboxylic acids is 1. The van der Waals surface area contributed by atoms with Gasteiger partial charge in [0.25, 0.3) is 0 Å². The average Bonchev–Trinajstić information content (AvgIpc) is 2.91. The van der Waals surface area contributed by atoms with E-state index in [2.05, 4.69) is 31.1 Å². The van der Waals surface area contributed by atoms with Gasteiger partial charge in [-0.15, -0.1) is 0 Å². The van der Waals surface area contributed by atoms with Gasteiger partial charge in [0, 0.05) is 11.6 Å². The Balaban J connectivity index is 2.24. The zero-order valence-corrected chi connectivity index (χ0v) is 11.1. The first-order valence-electron chi connectivity index (χ1n) is 6.46. The van der Waals surface area contributed by atoms with Gasteiger partial charge in [-0.25, -0.2) is 4.79 Å². The molecule has 1 aromatic heterocycles. The third-order valence-corrected chi connectivity index (χ3v) is 3.38. The normalized spacial score (nSPS) is 10.9. The number of carbonyl (C=O) groups is 1. The molecule has 0 bridgehead atoms. The fourth-order valence-corrected chi connectivity index (χ4v) is 2.20. The van der Waals surface area contributed by atoms with Crippen molar-refractivity contribution in [3.63, 3.8) is 0 Å². The van der Waals surface area contributed by atoms with E-state index in [1.54, 1.807) is 0 Å². The minimum atomic E-state index is -1.10. The van der Waals surface area contributed by atoms with Gasteiger partial charge in [0.15, 0.2) is 0 Å². The van der Waals surface area contributed by atoms with Crippen molar-refractivity contribution < 1.29 is 14.4 Å². The van der Waals surface area contributed by atoms with Crippen molar-refractivity contribution >= 4 is 5.97 Å². The minimum Gasteiger partial charge on any atom is -0.475 e. The summed E-state index contributed by atoms with van der Waals surface area (Å²) in [6.07, 6.45) is 2.23. The van der Waals surface area contributed by atoms with E-state index < -0.39 is 5.97 Å². The highest BCUT2D eigenvalue weighted by Crippen LogP contribution is 2.26. The molecule has 0 aliphatic carbocycles. The van der Waals surface area contributed by atoms with Gasteiger partial charge < -0.3 is 9.63 Å². The first-order chi connectivity index (χ1) is 9.15. The van der Waals surface area contributed by atoms with Gasteiger partial charge >= 0.3 is 5.97 Å². The molecule has 4 nitrogen and oxygen atoms in total. The maximum Gasteiger partial charge on any atom is 0.374 e. The van der Waals surface area contributed by atoms with Crippen LogP contribution in [0.25, 0.3) is 11.3 Å². The summed E-state index contributed by atoms with van der Waals surface area (Å²) >= 11 is 0.